The Balaban J connectivity index is 1.46. The molecule has 1 aromatic rings. The molecule has 3 heteroatoms. The van der Waals surface area contributed by atoms with E-state index >= 15 is 0 Å². The summed E-state index contributed by atoms with van der Waals surface area (Å²) in [5.74, 6) is 1.59. The second-order valence-corrected chi connectivity index (χ2v) is 10.3. The highest BCUT2D eigenvalue weighted by atomic mass is 16.7. The maximum Gasteiger partial charge on any atom is 0.338 e. The Morgan fingerprint density at radius 2 is 1.71 bits per heavy atom. The Morgan fingerprint density at radius 3 is 2.39 bits per heavy atom. The fourth-order valence-electron chi connectivity index (χ4n) is 5.67. The van der Waals surface area contributed by atoms with Gasteiger partial charge in [-0.3, -0.25) is 0 Å². The van der Waals surface area contributed by atoms with E-state index in [1.165, 1.54) is 12.0 Å². The summed E-state index contributed by atoms with van der Waals surface area (Å²) in [7, 11) is 0. The van der Waals surface area contributed by atoms with Crippen molar-refractivity contribution >= 4 is 5.97 Å². The van der Waals surface area contributed by atoms with Gasteiger partial charge >= 0.3 is 5.97 Å². The largest absolute Gasteiger partial charge is 0.460 e. The average molecular weight is 385 g/mol. The van der Waals surface area contributed by atoms with Crippen LogP contribution in [-0.2, 0) is 19.7 Å². The molecule has 0 amide bonds. The number of benzene rings is 1. The fraction of sp³-hybridized carbons (Fsp3) is 0.720. The van der Waals surface area contributed by atoms with Gasteiger partial charge in [-0.25, -0.2) is 4.79 Å². The second-order valence-electron chi connectivity index (χ2n) is 10.3. The molecule has 1 aromatic carbocycles. The molecular weight excluding hydrogens is 348 g/mol. The average Bonchev–Trinajstić information content (AvgIpc) is 3.39. The normalized spacial score (nSPS) is 38.2. The minimum atomic E-state index is -0.322. The van der Waals surface area contributed by atoms with Crippen LogP contribution in [0.3, 0.4) is 0 Å². The van der Waals surface area contributed by atoms with Crippen LogP contribution >= 0.6 is 0 Å². The first-order valence-electron chi connectivity index (χ1n) is 11.3. The van der Waals surface area contributed by atoms with Gasteiger partial charge in [0.05, 0.1) is 0 Å². The minimum Gasteiger partial charge on any atom is -0.460 e. The van der Waals surface area contributed by atoms with Gasteiger partial charge in [0, 0.05) is 5.92 Å². The van der Waals surface area contributed by atoms with Gasteiger partial charge in [-0.1, -0.05) is 64.4 Å². The number of carbonyl (C=O) groups excluding carboxylic acids is 1. The highest BCUT2D eigenvalue weighted by Crippen LogP contribution is 2.51. The fourth-order valence-corrected chi connectivity index (χ4v) is 5.67. The summed E-state index contributed by atoms with van der Waals surface area (Å²) in [6.07, 6.45) is 7.27. The molecule has 1 spiro atoms. The molecule has 3 fully saturated rings. The summed E-state index contributed by atoms with van der Waals surface area (Å²) in [5, 5.41) is 0. The molecule has 1 heterocycles. The van der Waals surface area contributed by atoms with Gasteiger partial charge in [0.25, 0.3) is 0 Å². The van der Waals surface area contributed by atoms with Gasteiger partial charge in [-0.15, -0.1) is 0 Å². The van der Waals surface area contributed by atoms with E-state index in [2.05, 4.69) is 58.0 Å². The van der Waals surface area contributed by atoms with Crippen molar-refractivity contribution in [2.45, 2.75) is 95.9 Å². The molecule has 4 atom stereocenters. The number of ether oxygens (including phenoxy) is 2. The van der Waals surface area contributed by atoms with Crippen molar-refractivity contribution in [3.8, 4) is 0 Å². The molecule has 3 aliphatic rings. The van der Waals surface area contributed by atoms with Crippen molar-refractivity contribution in [3.05, 3.63) is 35.9 Å². The molecule has 3 nitrogen and oxygen atoms in total. The lowest BCUT2D eigenvalue weighted by atomic mass is 9.64. The monoisotopic (exact) mass is 384 g/mol. The summed E-state index contributed by atoms with van der Waals surface area (Å²) in [6.45, 7) is 9.19. The number of esters is 1. The third-order valence-corrected chi connectivity index (χ3v) is 7.87. The second kappa shape index (κ2) is 7.48. The number of carbonyl (C=O) groups is 1. The van der Waals surface area contributed by atoms with Crippen LogP contribution in [0.2, 0.25) is 0 Å². The Morgan fingerprint density at radius 1 is 1.04 bits per heavy atom. The molecule has 1 aliphatic heterocycles. The lowest BCUT2D eigenvalue weighted by Gasteiger charge is -2.44. The first kappa shape index (κ1) is 19.9. The van der Waals surface area contributed by atoms with Gasteiger partial charge in [0.15, 0.2) is 6.10 Å². The molecule has 1 saturated heterocycles. The molecule has 0 aromatic heterocycles. The Bertz CT molecular complexity index is 687. The summed E-state index contributed by atoms with van der Waals surface area (Å²) in [6, 6.07) is 10.7. The first-order valence-corrected chi connectivity index (χ1v) is 11.3. The van der Waals surface area contributed by atoms with Crippen LogP contribution in [0.25, 0.3) is 0 Å². The van der Waals surface area contributed by atoms with Crippen molar-refractivity contribution < 1.29 is 14.3 Å². The van der Waals surface area contributed by atoms with Crippen molar-refractivity contribution in [2.75, 3.05) is 0 Å². The van der Waals surface area contributed by atoms with E-state index < -0.39 is 0 Å². The summed E-state index contributed by atoms with van der Waals surface area (Å²) < 4.78 is 12.2. The van der Waals surface area contributed by atoms with Gasteiger partial charge in [-0.2, -0.15) is 0 Å². The molecule has 0 unspecified atom stereocenters. The first-order chi connectivity index (χ1) is 13.3. The molecule has 28 heavy (non-hydrogen) atoms. The third-order valence-electron chi connectivity index (χ3n) is 7.87. The molecule has 2 aliphatic carbocycles. The maximum atomic E-state index is 13.0. The molecule has 154 valence electrons. The summed E-state index contributed by atoms with van der Waals surface area (Å²) in [4.78, 5) is 13.0. The standard InChI is InChI=1S/C25H36O3/c1-17-12-14-25(15-13-17)22(28-25)23(26)27-21-16-18(2)10-11-20(21)24(3,4)19-8-6-5-7-9-19/h5-9,17-18,20-22H,10-16H2,1-4H3/t17?,18-,20-,21-,22-,25?/m1/s1. The zero-order valence-electron chi connectivity index (χ0n) is 17.9. The van der Waals surface area contributed by atoms with E-state index in [0.29, 0.717) is 11.8 Å². The maximum absolute atomic E-state index is 13.0. The van der Waals surface area contributed by atoms with E-state index in [1.807, 2.05) is 0 Å². The van der Waals surface area contributed by atoms with E-state index in [0.717, 1.165) is 44.4 Å². The Labute approximate surface area is 170 Å². The van der Waals surface area contributed by atoms with E-state index in [4.69, 9.17) is 9.47 Å². The van der Waals surface area contributed by atoms with Crippen LogP contribution in [0.5, 0.6) is 0 Å². The quantitative estimate of drug-likeness (QED) is 0.497. The molecule has 4 rings (SSSR count). The molecule has 0 bridgehead atoms. The number of epoxide rings is 1. The highest BCUT2D eigenvalue weighted by Gasteiger charge is 2.62. The summed E-state index contributed by atoms with van der Waals surface area (Å²) >= 11 is 0. The lowest BCUT2D eigenvalue weighted by Crippen LogP contribution is -2.44. The SMILES string of the molecule is CC1CCC2(CC1)O[C@@H]2C(=O)O[C@@H]1C[C@H](C)CC[C@H]1C(C)(C)c1ccccc1. The minimum absolute atomic E-state index is 0.0183. The third kappa shape index (κ3) is 3.75. The van der Waals surface area contributed by atoms with Crippen molar-refractivity contribution in [3.63, 3.8) is 0 Å². The van der Waals surface area contributed by atoms with Crippen LogP contribution < -0.4 is 0 Å². The molecule has 0 N–H and O–H groups in total. The molecule has 0 radical (unpaired) electrons. The van der Waals surface area contributed by atoms with Gasteiger partial charge in [-0.05, 0) is 61.3 Å². The number of hydrogen-bond donors (Lipinski definition) is 0. The zero-order valence-corrected chi connectivity index (χ0v) is 17.9. The van der Waals surface area contributed by atoms with E-state index in [1.54, 1.807) is 0 Å². The number of hydrogen-bond acceptors (Lipinski definition) is 3. The number of rotatable bonds is 4. The zero-order chi connectivity index (χ0) is 19.9. The Hall–Kier alpha value is -1.35. The van der Waals surface area contributed by atoms with Gasteiger partial charge in [0.2, 0.25) is 0 Å². The molecular formula is C25H36O3. The van der Waals surface area contributed by atoms with Crippen LogP contribution in [0.1, 0.15) is 78.2 Å². The topological polar surface area (TPSA) is 38.8 Å². The van der Waals surface area contributed by atoms with Crippen molar-refractivity contribution in [1.29, 1.82) is 0 Å². The van der Waals surface area contributed by atoms with Gasteiger partial charge < -0.3 is 9.47 Å². The van der Waals surface area contributed by atoms with E-state index in [9.17, 15) is 4.79 Å². The van der Waals surface area contributed by atoms with Crippen LogP contribution in [0.4, 0.5) is 0 Å². The van der Waals surface area contributed by atoms with Crippen molar-refractivity contribution in [1.82, 2.24) is 0 Å². The summed E-state index contributed by atoms with van der Waals surface area (Å²) in [5.41, 5.74) is 1.11. The van der Waals surface area contributed by atoms with Crippen LogP contribution in [0.15, 0.2) is 30.3 Å². The van der Waals surface area contributed by atoms with E-state index in [-0.39, 0.29) is 29.2 Å². The lowest BCUT2D eigenvalue weighted by molar-refractivity contribution is -0.158. The predicted molar refractivity (Wildman–Crippen MR) is 111 cm³/mol. The smallest absolute Gasteiger partial charge is 0.338 e. The van der Waals surface area contributed by atoms with Crippen LogP contribution in [0, 0.1) is 17.8 Å². The molecule has 2 saturated carbocycles. The highest BCUT2D eigenvalue weighted by molar-refractivity contribution is 5.79. The van der Waals surface area contributed by atoms with Gasteiger partial charge in [0.1, 0.15) is 11.7 Å². The van der Waals surface area contributed by atoms with Crippen LogP contribution in [-0.4, -0.2) is 23.8 Å². The van der Waals surface area contributed by atoms with Crippen molar-refractivity contribution in [2.24, 2.45) is 17.8 Å². The Kier molecular flexibility index (Phi) is 5.33. The predicted octanol–water partition coefficient (Wildman–Crippen LogP) is 5.66.